The van der Waals surface area contributed by atoms with Crippen LogP contribution in [0.1, 0.15) is 11.4 Å². The molecule has 0 saturated carbocycles. The highest BCUT2D eigenvalue weighted by molar-refractivity contribution is 5.69. The molecule has 0 unspecified atom stereocenters. The van der Waals surface area contributed by atoms with E-state index in [1.54, 1.807) is 12.1 Å². The van der Waals surface area contributed by atoms with Crippen molar-refractivity contribution in [3.05, 3.63) is 47.5 Å². The lowest BCUT2D eigenvalue weighted by atomic mass is 10.1. The Morgan fingerprint density at radius 1 is 1.27 bits per heavy atom. The Balaban J connectivity index is 2.54. The van der Waals surface area contributed by atoms with Crippen molar-refractivity contribution in [2.45, 2.75) is 6.92 Å². The standard InChI is InChI=1S/C12H9FN2/c1-8-6-11(12(7-14)15-8)9-2-4-10(13)5-3-9/h2-6,15H,1H3. The fraction of sp³-hybridized carbons (Fsp3) is 0.0833. The van der Waals surface area contributed by atoms with Gasteiger partial charge in [0.15, 0.2) is 0 Å². The first kappa shape index (κ1) is 9.47. The van der Waals surface area contributed by atoms with E-state index in [-0.39, 0.29) is 5.82 Å². The molecule has 0 aliphatic heterocycles. The van der Waals surface area contributed by atoms with Gasteiger partial charge in [0, 0.05) is 11.3 Å². The summed E-state index contributed by atoms with van der Waals surface area (Å²) in [6, 6.07) is 10.1. The molecule has 0 saturated heterocycles. The first-order valence-electron chi connectivity index (χ1n) is 4.56. The van der Waals surface area contributed by atoms with Gasteiger partial charge in [-0.3, -0.25) is 0 Å². The smallest absolute Gasteiger partial charge is 0.125 e. The zero-order chi connectivity index (χ0) is 10.8. The molecule has 1 aromatic heterocycles. The first-order chi connectivity index (χ1) is 7.20. The van der Waals surface area contributed by atoms with E-state index in [0.29, 0.717) is 5.69 Å². The maximum absolute atomic E-state index is 12.7. The number of rotatable bonds is 1. The molecular formula is C12H9FN2. The lowest BCUT2D eigenvalue weighted by Gasteiger charge is -1.97. The molecule has 1 N–H and O–H groups in total. The van der Waals surface area contributed by atoms with Gasteiger partial charge in [-0.1, -0.05) is 12.1 Å². The molecule has 15 heavy (non-hydrogen) atoms. The molecule has 2 rings (SSSR count). The Bertz CT molecular complexity index is 518. The number of nitrogens with one attached hydrogen (secondary N) is 1. The van der Waals surface area contributed by atoms with Crippen LogP contribution in [0.4, 0.5) is 4.39 Å². The van der Waals surface area contributed by atoms with Gasteiger partial charge in [0.2, 0.25) is 0 Å². The molecule has 0 bridgehead atoms. The van der Waals surface area contributed by atoms with E-state index in [1.165, 1.54) is 12.1 Å². The van der Waals surface area contributed by atoms with Crippen LogP contribution >= 0.6 is 0 Å². The van der Waals surface area contributed by atoms with Crippen LogP contribution in [0.15, 0.2) is 30.3 Å². The van der Waals surface area contributed by atoms with Crippen molar-refractivity contribution in [2.75, 3.05) is 0 Å². The Hall–Kier alpha value is -2.08. The summed E-state index contributed by atoms with van der Waals surface area (Å²) in [5.41, 5.74) is 3.09. The summed E-state index contributed by atoms with van der Waals surface area (Å²) < 4.78 is 12.7. The number of benzene rings is 1. The molecule has 3 heteroatoms. The highest BCUT2D eigenvalue weighted by Crippen LogP contribution is 2.24. The topological polar surface area (TPSA) is 39.6 Å². The highest BCUT2D eigenvalue weighted by atomic mass is 19.1. The predicted octanol–water partition coefficient (Wildman–Crippen LogP) is 3.00. The highest BCUT2D eigenvalue weighted by Gasteiger charge is 2.07. The number of hydrogen-bond acceptors (Lipinski definition) is 1. The fourth-order valence-corrected chi connectivity index (χ4v) is 1.53. The van der Waals surface area contributed by atoms with Crippen LogP contribution in [-0.2, 0) is 0 Å². The minimum absolute atomic E-state index is 0.274. The van der Waals surface area contributed by atoms with Crippen LogP contribution in [0.25, 0.3) is 11.1 Å². The summed E-state index contributed by atoms with van der Waals surface area (Å²) in [4.78, 5) is 2.95. The van der Waals surface area contributed by atoms with Gasteiger partial charge in [0.1, 0.15) is 17.6 Å². The third-order valence-corrected chi connectivity index (χ3v) is 2.22. The van der Waals surface area contributed by atoms with E-state index in [0.717, 1.165) is 16.8 Å². The maximum Gasteiger partial charge on any atom is 0.125 e. The average molecular weight is 200 g/mol. The van der Waals surface area contributed by atoms with Crippen LogP contribution in [0.5, 0.6) is 0 Å². The van der Waals surface area contributed by atoms with Gasteiger partial charge in [0.25, 0.3) is 0 Å². The zero-order valence-electron chi connectivity index (χ0n) is 8.21. The maximum atomic E-state index is 12.7. The molecular weight excluding hydrogens is 191 g/mol. The van der Waals surface area contributed by atoms with E-state index in [4.69, 9.17) is 5.26 Å². The van der Waals surface area contributed by atoms with Crippen molar-refractivity contribution in [2.24, 2.45) is 0 Å². The monoisotopic (exact) mass is 200 g/mol. The van der Waals surface area contributed by atoms with E-state index >= 15 is 0 Å². The molecule has 2 nitrogen and oxygen atoms in total. The lowest BCUT2D eigenvalue weighted by molar-refractivity contribution is 0.628. The second-order valence-electron chi connectivity index (χ2n) is 3.36. The number of halogens is 1. The van der Waals surface area contributed by atoms with Crippen LogP contribution < -0.4 is 0 Å². The minimum atomic E-state index is -0.274. The van der Waals surface area contributed by atoms with Gasteiger partial charge < -0.3 is 4.98 Å². The summed E-state index contributed by atoms with van der Waals surface area (Å²) in [6.07, 6.45) is 0. The van der Waals surface area contributed by atoms with Gasteiger partial charge in [-0.25, -0.2) is 4.39 Å². The second-order valence-corrected chi connectivity index (χ2v) is 3.36. The number of hydrogen-bond donors (Lipinski definition) is 1. The van der Waals surface area contributed by atoms with Gasteiger partial charge in [-0.15, -0.1) is 0 Å². The number of H-pyrrole nitrogens is 1. The molecule has 1 heterocycles. The first-order valence-corrected chi connectivity index (χ1v) is 4.56. The molecule has 74 valence electrons. The lowest BCUT2D eigenvalue weighted by Crippen LogP contribution is -1.80. The number of aromatic amines is 1. The van der Waals surface area contributed by atoms with Crippen LogP contribution in [0, 0.1) is 24.1 Å². The molecule has 1 aromatic carbocycles. The third kappa shape index (κ3) is 1.75. The minimum Gasteiger partial charge on any atom is -0.350 e. The molecule has 0 aliphatic carbocycles. The molecule has 0 aliphatic rings. The Morgan fingerprint density at radius 3 is 2.53 bits per heavy atom. The van der Waals surface area contributed by atoms with Crippen molar-refractivity contribution in [3.63, 3.8) is 0 Å². The fourth-order valence-electron chi connectivity index (χ4n) is 1.53. The molecule has 0 atom stereocenters. The summed E-state index contributed by atoms with van der Waals surface area (Å²) in [5, 5.41) is 8.89. The average Bonchev–Trinajstić information content (AvgIpc) is 2.61. The molecule has 2 aromatic rings. The van der Waals surface area contributed by atoms with Gasteiger partial charge in [-0.2, -0.15) is 5.26 Å². The quantitative estimate of drug-likeness (QED) is 0.755. The van der Waals surface area contributed by atoms with E-state index < -0.39 is 0 Å². The van der Waals surface area contributed by atoms with Crippen molar-refractivity contribution >= 4 is 0 Å². The SMILES string of the molecule is Cc1cc(-c2ccc(F)cc2)c(C#N)[nH]1. The second kappa shape index (κ2) is 3.58. The van der Waals surface area contributed by atoms with Crippen LogP contribution in [0.3, 0.4) is 0 Å². The molecule has 0 fully saturated rings. The van der Waals surface area contributed by atoms with Crippen molar-refractivity contribution in [3.8, 4) is 17.2 Å². The van der Waals surface area contributed by atoms with Crippen molar-refractivity contribution < 1.29 is 4.39 Å². The normalized spacial score (nSPS) is 9.93. The van der Waals surface area contributed by atoms with E-state index in [9.17, 15) is 4.39 Å². The van der Waals surface area contributed by atoms with Gasteiger partial charge in [0.05, 0.1) is 0 Å². The summed E-state index contributed by atoms with van der Waals surface area (Å²) in [7, 11) is 0. The van der Waals surface area contributed by atoms with Crippen LogP contribution in [-0.4, -0.2) is 4.98 Å². The Kier molecular flexibility index (Phi) is 2.26. The zero-order valence-corrected chi connectivity index (χ0v) is 8.21. The van der Waals surface area contributed by atoms with E-state index in [1.807, 2.05) is 13.0 Å². The largest absolute Gasteiger partial charge is 0.350 e. The summed E-state index contributed by atoms with van der Waals surface area (Å²) in [5.74, 6) is -0.274. The molecule has 0 spiro atoms. The number of aryl methyl sites for hydroxylation is 1. The summed E-state index contributed by atoms with van der Waals surface area (Å²) in [6.45, 7) is 1.88. The van der Waals surface area contributed by atoms with Crippen molar-refractivity contribution in [1.82, 2.24) is 4.98 Å². The number of nitriles is 1. The molecule has 0 amide bonds. The summed E-state index contributed by atoms with van der Waals surface area (Å²) >= 11 is 0. The Labute approximate surface area is 87.0 Å². The predicted molar refractivity (Wildman–Crippen MR) is 55.6 cm³/mol. The van der Waals surface area contributed by atoms with Gasteiger partial charge >= 0.3 is 0 Å². The Morgan fingerprint density at radius 2 is 1.93 bits per heavy atom. The number of nitrogens with zero attached hydrogens (tertiary/aromatic N) is 1. The van der Waals surface area contributed by atoms with Gasteiger partial charge in [-0.05, 0) is 30.7 Å². The third-order valence-electron chi connectivity index (χ3n) is 2.22. The number of aromatic nitrogens is 1. The van der Waals surface area contributed by atoms with Crippen LogP contribution in [0.2, 0.25) is 0 Å². The van der Waals surface area contributed by atoms with Crippen molar-refractivity contribution in [1.29, 1.82) is 5.26 Å². The van der Waals surface area contributed by atoms with E-state index in [2.05, 4.69) is 11.1 Å². The molecule has 0 radical (unpaired) electrons.